The average Bonchev–Trinajstić information content (AvgIpc) is 3.73. The van der Waals surface area contributed by atoms with Gasteiger partial charge in [0.05, 0.1) is 28.2 Å². The molecule has 16 heteroatoms. The third-order valence-corrected chi connectivity index (χ3v) is 12.7. The molecule has 5 aromatic rings. The second-order valence-electron chi connectivity index (χ2n) is 16.1. The molecule has 5 aliphatic rings. The molecular formula is C43H43FN10O5. The highest BCUT2D eigenvalue weighted by atomic mass is 19.1. The molecule has 0 spiro atoms. The Morgan fingerprint density at radius 1 is 0.746 bits per heavy atom. The first-order valence-corrected chi connectivity index (χ1v) is 20.3. The van der Waals surface area contributed by atoms with E-state index in [1.807, 2.05) is 59.5 Å². The summed E-state index contributed by atoms with van der Waals surface area (Å²) in [4.78, 5) is 67.3. The number of benzene rings is 3. The fraction of sp³-hybridized carbons (Fsp3) is 0.372. The largest absolute Gasteiger partial charge is 0.457 e. The minimum Gasteiger partial charge on any atom is -0.457 e. The van der Waals surface area contributed by atoms with Crippen molar-refractivity contribution in [2.45, 2.75) is 62.7 Å². The Kier molecular flexibility index (Phi) is 9.32. The van der Waals surface area contributed by atoms with Crippen LogP contribution in [0.2, 0.25) is 0 Å². The van der Waals surface area contributed by atoms with Crippen LogP contribution in [-0.2, 0) is 9.59 Å². The third kappa shape index (κ3) is 6.65. The number of hydrogen-bond donors (Lipinski definition) is 2. The van der Waals surface area contributed by atoms with Crippen molar-refractivity contribution in [2.75, 3.05) is 49.9 Å². The average molecular weight is 799 g/mol. The summed E-state index contributed by atoms with van der Waals surface area (Å²) in [5.74, 6) is -1.16. The van der Waals surface area contributed by atoms with E-state index in [1.165, 1.54) is 12.4 Å². The number of carbonyl (C=O) groups is 4. The highest BCUT2D eigenvalue weighted by molar-refractivity contribution is 6.23. The van der Waals surface area contributed by atoms with Gasteiger partial charge in [-0.2, -0.15) is 5.10 Å². The monoisotopic (exact) mass is 798 g/mol. The third-order valence-electron chi connectivity index (χ3n) is 12.7. The lowest BCUT2D eigenvalue weighted by molar-refractivity contribution is -0.136. The van der Waals surface area contributed by atoms with Crippen LogP contribution >= 0.6 is 0 Å². The zero-order valence-corrected chi connectivity index (χ0v) is 32.3. The van der Waals surface area contributed by atoms with Crippen molar-refractivity contribution in [1.29, 1.82) is 0 Å². The van der Waals surface area contributed by atoms with Crippen LogP contribution in [0.5, 0.6) is 11.5 Å². The van der Waals surface area contributed by atoms with Gasteiger partial charge in [0.2, 0.25) is 11.8 Å². The fourth-order valence-electron chi connectivity index (χ4n) is 9.50. The van der Waals surface area contributed by atoms with Gasteiger partial charge in [0.1, 0.15) is 41.2 Å². The molecule has 6 heterocycles. The van der Waals surface area contributed by atoms with Gasteiger partial charge in [-0.1, -0.05) is 18.2 Å². The number of imide groups is 2. The number of carbonyl (C=O) groups excluding carboxylic acids is 4. The van der Waals surface area contributed by atoms with Gasteiger partial charge < -0.3 is 15.4 Å². The summed E-state index contributed by atoms with van der Waals surface area (Å²) in [5, 5.41) is 8.06. The van der Waals surface area contributed by atoms with Crippen molar-refractivity contribution >= 4 is 46.2 Å². The summed E-state index contributed by atoms with van der Waals surface area (Å²) in [6.45, 7) is 4.95. The van der Waals surface area contributed by atoms with E-state index in [0.29, 0.717) is 24.9 Å². The summed E-state index contributed by atoms with van der Waals surface area (Å²) >= 11 is 0. The predicted octanol–water partition coefficient (Wildman–Crippen LogP) is 4.40. The quantitative estimate of drug-likeness (QED) is 0.213. The van der Waals surface area contributed by atoms with E-state index in [0.717, 1.165) is 96.6 Å². The molecule has 59 heavy (non-hydrogen) atoms. The van der Waals surface area contributed by atoms with Crippen LogP contribution in [0.3, 0.4) is 0 Å². The van der Waals surface area contributed by atoms with Crippen LogP contribution in [0.1, 0.15) is 65.3 Å². The number of hydrogen-bond acceptors (Lipinski definition) is 12. The zero-order chi connectivity index (χ0) is 40.4. The van der Waals surface area contributed by atoms with E-state index < -0.39 is 35.5 Å². The highest BCUT2D eigenvalue weighted by Gasteiger charge is 2.46. The number of ether oxygens (including phenoxy) is 1. The number of nitrogens with zero attached hydrogens (tertiary/aromatic N) is 8. The number of rotatable bonds is 8. The number of nitrogen functional groups attached to an aromatic ring is 1. The first-order valence-electron chi connectivity index (χ1n) is 20.3. The number of anilines is 2. The number of nitrogens with two attached hydrogens (primary N) is 1. The Morgan fingerprint density at radius 3 is 2.08 bits per heavy atom. The summed E-state index contributed by atoms with van der Waals surface area (Å²) in [6, 6.07) is 19.9. The minimum absolute atomic E-state index is 0.0229. The highest BCUT2D eigenvalue weighted by Crippen LogP contribution is 2.39. The second kappa shape index (κ2) is 14.8. The van der Waals surface area contributed by atoms with Crippen molar-refractivity contribution in [1.82, 2.24) is 39.8 Å². The van der Waals surface area contributed by atoms with Crippen molar-refractivity contribution in [3.8, 4) is 22.8 Å². The molecule has 1 atom stereocenters. The predicted molar refractivity (Wildman–Crippen MR) is 215 cm³/mol. The van der Waals surface area contributed by atoms with Crippen molar-refractivity contribution in [2.24, 2.45) is 0 Å². The molecule has 3 N–H and O–H groups in total. The lowest BCUT2D eigenvalue weighted by Gasteiger charge is -2.50. The molecule has 302 valence electrons. The minimum atomic E-state index is -1.09. The van der Waals surface area contributed by atoms with Crippen LogP contribution in [0, 0.1) is 5.82 Å². The van der Waals surface area contributed by atoms with Crippen LogP contribution in [0.4, 0.5) is 15.9 Å². The number of piperidine rings is 1. The van der Waals surface area contributed by atoms with Gasteiger partial charge >= 0.3 is 0 Å². The van der Waals surface area contributed by atoms with E-state index in [-0.39, 0.29) is 41.7 Å². The lowest BCUT2D eigenvalue weighted by Crippen LogP contribution is -2.64. The molecule has 1 saturated carbocycles. The Labute approximate surface area is 338 Å². The fourth-order valence-corrected chi connectivity index (χ4v) is 9.50. The van der Waals surface area contributed by atoms with E-state index in [4.69, 9.17) is 15.6 Å². The molecule has 3 aromatic carbocycles. The molecule has 4 fully saturated rings. The Hall–Kier alpha value is -6.26. The summed E-state index contributed by atoms with van der Waals surface area (Å²) in [6.07, 6.45) is 5.61. The molecule has 4 aliphatic heterocycles. The van der Waals surface area contributed by atoms with Crippen LogP contribution < -0.4 is 20.7 Å². The Morgan fingerprint density at radius 2 is 1.39 bits per heavy atom. The molecule has 4 amide bonds. The zero-order valence-electron chi connectivity index (χ0n) is 32.3. The van der Waals surface area contributed by atoms with Crippen molar-refractivity contribution in [3.05, 3.63) is 90.0 Å². The van der Waals surface area contributed by atoms with Gasteiger partial charge in [-0.25, -0.2) is 19.0 Å². The molecule has 0 bridgehead atoms. The van der Waals surface area contributed by atoms with E-state index >= 15 is 4.39 Å². The second-order valence-corrected chi connectivity index (χ2v) is 16.1. The van der Waals surface area contributed by atoms with Gasteiger partial charge in [0.15, 0.2) is 5.65 Å². The first kappa shape index (κ1) is 37.0. The molecular weight excluding hydrogens is 756 g/mol. The summed E-state index contributed by atoms with van der Waals surface area (Å²) < 4.78 is 23.5. The van der Waals surface area contributed by atoms with Crippen LogP contribution in [0.25, 0.3) is 22.3 Å². The van der Waals surface area contributed by atoms with Crippen LogP contribution in [-0.4, -0.2) is 115 Å². The maximum Gasteiger partial charge on any atom is 0.262 e. The number of halogens is 1. The maximum absolute atomic E-state index is 15.4. The van der Waals surface area contributed by atoms with E-state index in [9.17, 15) is 19.2 Å². The Bertz CT molecular complexity index is 2470. The molecule has 15 nitrogen and oxygen atoms in total. The number of piperazine rings is 1. The normalized spacial score (nSPS) is 23.1. The standard InChI is InChI=1S/C43H43FN10O5/c44-33-20-31-32(43(58)53(42(31)57)34-14-15-36(55)48-41(34)56)21-35(33)52-22-28(23-52)51-18-16-50(17-19-51)26-8-10-27(11-9-26)54-40-37(39(45)46-24-47-40)38(49-54)25-6-12-30(13-7-25)59-29-4-2-1-3-5-29/h1-7,12-13,20-21,24,26-28,34H,8-11,14-19,22-23H2,(H2,45,46,47)(H,48,55,56)/t26?,27?,34-/m0/s1. The van der Waals surface area contributed by atoms with Crippen molar-refractivity contribution < 1.29 is 28.3 Å². The number of para-hydroxylation sites is 1. The van der Waals surface area contributed by atoms with E-state index in [1.54, 1.807) is 0 Å². The number of amides is 4. The topological polar surface area (TPSA) is 172 Å². The molecule has 10 rings (SSSR count). The van der Waals surface area contributed by atoms with Gasteiger partial charge in [-0.3, -0.25) is 39.2 Å². The first-order chi connectivity index (χ1) is 28.7. The number of aromatic nitrogens is 4. The summed E-state index contributed by atoms with van der Waals surface area (Å²) in [7, 11) is 0. The molecule has 0 unspecified atom stereocenters. The number of fused-ring (bicyclic) bond motifs is 2. The van der Waals surface area contributed by atoms with Gasteiger partial charge in [0.25, 0.3) is 11.8 Å². The molecule has 1 aliphatic carbocycles. The van der Waals surface area contributed by atoms with Gasteiger partial charge in [-0.05, 0) is 80.6 Å². The van der Waals surface area contributed by atoms with E-state index in [2.05, 4.69) is 29.8 Å². The molecule has 2 aromatic heterocycles. The van der Waals surface area contributed by atoms with Crippen LogP contribution in [0.15, 0.2) is 73.1 Å². The molecule has 0 radical (unpaired) electrons. The SMILES string of the molecule is Nc1ncnc2c1c(-c1ccc(Oc3ccccc3)cc1)nn2C1CCC(N2CCN(C3CN(c4cc5c(cc4F)C(=O)N([C@H]4CCC(=O)NC4=O)C5=O)C3)CC2)CC1. The Balaban J connectivity index is 0.740. The number of nitrogens with one attached hydrogen (secondary N) is 1. The van der Waals surface area contributed by atoms with Gasteiger partial charge in [0, 0.05) is 63.3 Å². The lowest BCUT2D eigenvalue weighted by atomic mass is 9.89. The maximum atomic E-state index is 15.4. The van der Waals surface area contributed by atoms with Crippen molar-refractivity contribution in [3.63, 3.8) is 0 Å². The summed E-state index contributed by atoms with van der Waals surface area (Å²) in [5.41, 5.74) is 9.17. The molecule has 3 saturated heterocycles. The van der Waals surface area contributed by atoms with Gasteiger partial charge in [-0.15, -0.1) is 0 Å². The smallest absolute Gasteiger partial charge is 0.262 e.